The zero-order valence-electron chi connectivity index (χ0n) is 10.6. The highest BCUT2D eigenvalue weighted by Crippen LogP contribution is 2.21. The third-order valence-corrected chi connectivity index (χ3v) is 2.50. The van der Waals surface area contributed by atoms with Crippen LogP contribution in [0.5, 0.6) is 0 Å². The fourth-order valence-electron chi connectivity index (χ4n) is 1.70. The predicted octanol–water partition coefficient (Wildman–Crippen LogP) is 2.74. The minimum absolute atomic E-state index is 0.151. The number of amides is 1. The first-order valence-electron chi connectivity index (χ1n) is 5.89. The van der Waals surface area contributed by atoms with E-state index in [2.05, 4.69) is 5.32 Å². The molecule has 17 heavy (non-hydrogen) atoms. The summed E-state index contributed by atoms with van der Waals surface area (Å²) in [7, 11) is 1.73. The van der Waals surface area contributed by atoms with E-state index in [1.165, 1.54) is 6.07 Å². The number of hydrogen-bond acceptors (Lipinski definition) is 2. The van der Waals surface area contributed by atoms with E-state index in [1.807, 2.05) is 13.8 Å². The van der Waals surface area contributed by atoms with E-state index >= 15 is 0 Å². The maximum absolute atomic E-state index is 13.6. The van der Waals surface area contributed by atoms with Gasteiger partial charge >= 0.3 is 0 Å². The molecule has 4 heteroatoms. The molecule has 0 atom stereocenters. The van der Waals surface area contributed by atoms with Gasteiger partial charge in [0.05, 0.1) is 11.3 Å². The third kappa shape index (κ3) is 3.19. The van der Waals surface area contributed by atoms with Crippen molar-refractivity contribution in [2.24, 2.45) is 0 Å². The van der Waals surface area contributed by atoms with Crippen LogP contribution in [0.3, 0.4) is 0 Å². The number of anilines is 1. The summed E-state index contributed by atoms with van der Waals surface area (Å²) in [5, 5.41) is 2.90. The number of hydrogen-bond donors (Lipinski definition) is 1. The van der Waals surface area contributed by atoms with Crippen LogP contribution in [0.4, 0.5) is 10.1 Å². The Kier molecular flexibility index (Phi) is 4.94. The number of carbonyl (C=O) groups is 1. The minimum Gasteiger partial charge on any atom is -0.382 e. The second-order valence-corrected chi connectivity index (χ2v) is 3.92. The molecule has 0 radical (unpaired) electrons. The molecular weight excluding hydrogens is 219 g/mol. The summed E-state index contributed by atoms with van der Waals surface area (Å²) in [5.41, 5.74) is 0.686. The van der Waals surface area contributed by atoms with Gasteiger partial charge in [0, 0.05) is 20.1 Å². The lowest BCUT2D eigenvalue weighted by atomic mass is 10.1. The van der Waals surface area contributed by atoms with Crippen molar-refractivity contribution in [1.82, 2.24) is 4.90 Å². The van der Waals surface area contributed by atoms with Crippen molar-refractivity contribution < 1.29 is 9.18 Å². The van der Waals surface area contributed by atoms with Crippen molar-refractivity contribution in [2.75, 3.05) is 25.5 Å². The molecule has 0 saturated carbocycles. The van der Waals surface area contributed by atoms with E-state index in [4.69, 9.17) is 0 Å². The number of para-hydroxylation sites is 1. The molecule has 1 N–H and O–H groups in total. The monoisotopic (exact) mass is 238 g/mol. The van der Waals surface area contributed by atoms with Gasteiger partial charge in [-0.15, -0.1) is 0 Å². The van der Waals surface area contributed by atoms with Gasteiger partial charge in [-0.25, -0.2) is 4.39 Å². The fourth-order valence-corrected chi connectivity index (χ4v) is 1.70. The number of nitrogens with zero attached hydrogens (tertiary/aromatic N) is 1. The molecule has 1 aromatic carbocycles. The van der Waals surface area contributed by atoms with Crippen LogP contribution >= 0.6 is 0 Å². The fraction of sp³-hybridized carbons (Fsp3) is 0.462. The van der Waals surface area contributed by atoms with E-state index in [9.17, 15) is 9.18 Å². The lowest BCUT2D eigenvalue weighted by Crippen LogP contribution is -2.28. The Morgan fingerprint density at radius 2 is 2.12 bits per heavy atom. The van der Waals surface area contributed by atoms with Crippen LogP contribution in [0.1, 0.15) is 30.6 Å². The van der Waals surface area contributed by atoms with Gasteiger partial charge in [0.15, 0.2) is 0 Å². The zero-order valence-corrected chi connectivity index (χ0v) is 10.6. The maximum atomic E-state index is 13.6. The van der Waals surface area contributed by atoms with Gasteiger partial charge in [-0.05, 0) is 25.5 Å². The van der Waals surface area contributed by atoms with Crippen LogP contribution in [0.25, 0.3) is 0 Å². The van der Waals surface area contributed by atoms with Crippen LogP contribution in [-0.4, -0.2) is 30.9 Å². The van der Waals surface area contributed by atoms with Crippen molar-refractivity contribution in [3.63, 3.8) is 0 Å². The molecule has 1 rings (SSSR count). The van der Waals surface area contributed by atoms with Gasteiger partial charge in [0.2, 0.25) is 0 Å². The predicted molar refractivity (Wildman–Crippen MR) is 67.8 cm³/mol. The Morgan fingerprint density at radius 1 is 1.41 bits per heavy atom. The van der Waals surface area contributed by atoms with Crippen LogP contribution in [0.2, 0.25) is 0 Å². The quantitative estimate of drug-likeness (QED) is 0.855. The van der Waals surface area contributed by atoms with Gasteiger partial charge in [0.1, 0.15) is 5.82 Å². The standard InChI is InChI=1S/C13H19FN2O/c1-4-9-16(3)13(17)10-7-6-8-11(14)12(10)15-5-2/h6-8,15H,4-5,9H2,1-3H3. The normalized spacial score (nSPS) is 10.1. The first kappa shape index (κ1) is 13.5. The molecule has 3 nitrogen and oxygen atoms in total. The van der Waals surface area contributed by atoms with Crippen molar-refractivity contribution in [1.29, 1.82) is 0 Å². The summed E-state index contributed by atoms with van der Waals surface area (Å²) in [6, 6.07) is 4.56. The van der Waals surface area contributed by atoms with Crippen molar-refractivity contribution in [3.05, 3.63) is 29.6 Å². The average Bonchev–Trinajstić information content (AvgIpc) is 2.31. The third-order valence-electron chi connectivity index (χ3n) is 2.50. The zero-order chi connectivity index (χ0) is 12.8. The second kappa shape index (κ2) is 6.23. The molecular formula is C13H19FN2O. The smallest absolute Gasteiger partial charge is 0.255 e. The van der Waals surface area contributed by atoms with E-state index in [1.54, 1.807) is 24.1 Å². The largest absolute Gasteiger partial charge is 0.382 e. The molecule has 0 fully saturated rings. The average molecular weight is 238 g/mol. The highest BCUT2D eigenvalue weighted by Gasteiger charge is 2.17. The van der Waals surface area contributed by atoms with Crippen molar-refractivity contribution in [2.45, 2.75) is 20.3 Å². The summed E-state index contributed by atoms with van der Waals surface area (Å²) < 4.78 is 13.6. The molecule has 0 heterocycles. The van der Waals surface area contributed by atoms with Gasteiger partial charge in [-0.1, -0.05) is 13.0 Å². The number of benzene rings is 1. The highest BCUT2D eigenvalue weighted by molar-refractivity contribution is 5.99. The first-order valence-corrected chi connectivity index (χ1v) is 5.89. The van der Waals surface area contributed by atoms with Crippen molar-refractivity contribution in [3.8, 4) is 0 Å². The van der Waals surface area contributed by atoms with Gasteiger partial charge in [0.25, 0.3) is 5.91 Å². The Hall–Kier alpha value is -1.58. The van der Waals surface area contributed by atoms with Crippen LogP contribution in [0, 0.1) is 5.82 Å². The number of nitrogens with one attached hydrogen (secondary N) is 1. The second-order valence-electron chi connectivity index (χ2n) is 3.92. The minimum atomic E-state index is -0.386. The molecule has 0 aliphatic rings. The number of rotatable bonds is 5. The Labute approximate surface area is 102 Å². The lowest BCUT2D eigenvalue weighted by Gasteiger charge is -2.18. The summed E-state index contributed by atoms with van der Waals surface area (Å²) in [4.78, 5) is 13.7. The molecule has 1 aromatic rings. The first-order chi connectivity index (χ1) is 8.11. The summed E-state index contributed by atoms with van der Waals surface area (Å²) >= 11 is 0. The highest BCUT2D eigenvalue weighted by atomic mass is 19.1. The Balaban J connectivity index is 3.03. The van der Waals surface area contributed by atoms with E-state index in [-0.39, 0.29) is 11.7 Å². The number of halogens is 1. The van der Waals surface area contributed by atoms with Crippen molar-refractivity contribution >= 4 is 11.6 Å². The Morgan fingerprint density at radius 3 is 2.71 bits per heavy atom. The summed E-state index contributed by atoms with van der Waals surface area (Å²) in [6.45, 7) is 5.12. The molecule has 1 amide bonds. The Bertz CT molecular complexity index is 393. The van der Waals surface area contributed by atoms with E-state index in [0.717, 1.165) is 6.42 Å². The topological polar surface area (TPSA) is 32.3 Å². The summed E-state index contributed by atoms with van der Waals surface area (Å²) in [6.07, 6.45) is 0.883. The molecule has 0 saturated heterocycles. The molecule has 0 spiro atoms. The molecule has 0 aliphatic heterocycles. The van der Waals surface area contributed by atoms with Gasteiger partial charge in [-0.3, -0.25) is 4.79 Å². The lowest BCUT2D eigenvalue weighted by molar-refractivity contribution is 0.0795. The molecule has 0 bridgehead atoms. The van der Waals surface area contributed by atoms with Crippen LogP contribution < -0.4 is 5.32 Å². The number of carbonyl (C=O) groups excluding carboxylic acids is 1. The van der Waals surface area contributed by atoms with Crippen LogP contribution in [-0.2, 0) is 0 Å². The molecule has 0 aromatic heterocycles. The van der Waals surface area contributed by atoms with Gasteiger partial charge in [-0.2, -0.15) is 0 Å². The van der Waals surface area contributed by atoms with Gasteiger partial charge < -0.3 is 10.2 Å². The SMILES string of the molecule is CCCN(C)C(=O)c1cccc(F)c1NCC. The van der Waals surface area contributed by atoms with E-state index < -0.39 is 0 Å². The van der Waals surface area contributed by atoms with E-state index in [0.29, 0.717) is 24.3 Å². The molecule has 0 aliphatic carbocycles. The molecule has 94 valence electrons. The maximum Gasteiger partial charge on any atom is 0.255 e. The summed E-state index contributed by atoms with van der Waals surface area (Å²) in [5.74, 6) is -0.537. The van der Waals surface area contributed by atoms with Crippen LogP contribution in [0.15, 0.2) is 18.2 Å². The molecule has 0 unspecified atom stereocenters.